The van der Waals surface area contributed by atoms with Crippen LogP contribution >= 0.6 is 0 Å². The summed E-state index contributed by atoms with van der Waals surface area (Å²) < 4.78 is 2.27. The van der Waals surface area contributed by atoms with E-state index in [1.165, 1.54) is 22.9 Å². The van der Waals surface area contributed by atoms with Crippen molar-refractivity contribution in [1.82, 2.24) is 9.88 Å². The van der Waals surface area contributed by atoms with E-state index in [4.69, 9.17) is 0 Å². The molecule has 0 spiro atoms. The summed E-state index contributed by atoms with van der Waals surface area (Å²) in [6, 6.07) is 8.60. The molecule has 0 saturated carbocycles. The Morgan fingerprint density at radius 3 is 2.94 bits per heavy atom. The van der Waals surface area contributed by atoms with Crippen molar-refractivity contribution in [1.29, 1.82) is 0 Å². The van der Waals surface area contributed by atoms with Crippen molar-refractivity contribution in [3.8, 4) is 0 Å². The molecule has 2 aromatic rings. The van der Waals surface area contributed by atoms with Gasteiger partial charge in [0, 0.05) is 23.6 Å². The van der Waals surface area contributed by atoms with Gasteiger partial charge in [-0.05, 0) is 38.1 Å². The molecule has 17 heavy (non-hydrogen) atoms. The molecule has 1 N–H and O–H groups in total. The van der Waals surface area contributed by atoms with Gasteiger partial charge in [-0.2, -0.15) is 0 Å². The molecule has 1 heterocycles. The maximum absolute atomic E-state index is 3.82. The van der Waals surface area contributed by atoms with Crippen LogP contribution in [-0.2, 0) is 13.0 Å². The summed E-state index contributed by atoms with van der Waals surface area (Å²) in [6.07, 6.45) is 6.52. The van der Waals surface area contributed by atoms with Crippen LogP contribution in [0.3, 0.4) is 0 Å². The smallest absolute Gasteiger partial charge is 0.0486 e. The average molecular weight is 228 g/mol. The van der Waals surface area contributed by atoms with Crippen molar-refractivity contribution >= 4 is 10.9 Å². The molecule has 0 aliphatic heterocycles. The summed E-state index contributed by atoms with van der Waals surface area (Å²) in [5.41, 5.74) is 2.75. The zero-order chi connectivity index (χ0) is 12.1. The lowest BCUT2D eigenvalue weighted by atomic mass is 10.1. The fraction of sp³-hybridized carbons (Fsp3) is 0.333. The predicted octanol–water partition coefficient (Wildman–Crippen LogP) is 2.98. The monoisotopic (exact) mass is 228 g/mol. The molecule has 0 fully saturated rings. The summed E-state index contributed by atoms with van der Waals surface area (Å²) in [5, 5.41) is 4.58. The van der Waals surface area contributed by atoms with Crippen LogP contribution in [0.5, 0.6) is 0 Å². The maximum Gasteiger partial charge on any atom is 0.0486 e. The third kappa shape index (κ3) is 2.59. The van der Waals surface area contributed by atoms with Crippen LogP contribution in [0, 0.1) is 0 Å². The second kappa shape index (κ2) is 5.69. The van der Waals surface area contributed by atoms with Gasteiger partial charge in [0.05, 0.1) is 0 Å². The molecule has 0 aliphatic carbocycles. The number of nitrogens with zero attached hydrogens (tertiary/aromatic N) is 1. The minimum atomic E-state index is 0.881. The summed E-state index contributed by atoms with van der Waals surface area (Å²) in [4.78, 5) is 0. The van der Waals surface area contributed by atoms with Crippen molar-refractivity contribution in [2.45, 2.75) is 19.4 Å². The number of para-hydroxylation sites is 1. The quantitative estimate of drug-likeness (QED) is 0.594. The van der Waals surface area contributed by atoms with Gasteiger partial charge in [0.15, 0.2) is 0 Å². The van der Waals surface area contributed by atoms with Gasteiger partial charge >= 0.3 is 0 Å². The first-order valence-corrected chi connectivity index (χ1v) is 6.19. The van der Waals surface area contributed by atoms with Crippen LogP contribution < -0.4 is 5.32 Å². The highest BCUT2D eigenvalue weighted by molar-refractivity contribution is 5.84. The highest BCUT2D eigenvalue weighted by Gasteiger charge is 2.06. The molecule has 0 unspecified atom stereocenters. The number of rotatable bonds is 6. The van der Waals surface area contributed by atoms with Crippen molar-refractivity contribution in [3.05, 3.63) is 48.7 Å². The average Bonchev–Trinajstić information content (AvgIpc) is 2.70. The van der Waals surface area contributed by atoms with E-state index in [0.29, 0.717) is 0 Å². The molecule has 0 bridgehead atoms. The Morgan fingerprint density at radius 2 is 2.18 bits per heavy atom. The summed E-state index contributed by atoms with van der Waals surface area (Å²) in [6.45, 7) is 5.77. The molecule has 2 heteroatoms. The molecule has 2 rings (SSSR count). The molecule has 0 radical (unpaired) electrons. The van der Waals surface area contributed by atoms with Gasteiger partial charge in [-0.3, -0.25) is 0 Å². The van der Waals surface area contributed by atoms with Gasteiger partial charge in [-0.1, -0.05) is 24.3 Å². The van der Waals surface area contributed by atoms with Crippen LogP contribution in [0.2, 0.25) is 0 Å². The molecular formula is C15H20N2. The number of aromatic nitrogens is 1. The predicted molar refractivity (Wildman–Crippen MR) is 74.4 cm³/mol. The lowest BCUT2D eigenvalue weighted by Crippen LogP contribution is -2.08. The third-order valence-electron chi connectivity index (χ3n) is 3.07. The molecule has 2 nitrogen and oxygen atoms in total. The first-order valence-electron chi connectivity index (χ1n) is 6.19. The second-order valence-corrected chi connectivity index (χ2v) is 4.32. The van der Waals surface area contributed by atoms with E-state index >= 15 is 0 Å². The fourth-order valence-corrected chi connectivity index (χ4v) is 2.27. The van der Waals surface area contributed by atoms with Crippen molar-refractivity contribution in [2.75, 3.05) is 13.6 Å². The van der Waals surface area contributed by atoms with Gasteiger partial charge in [0.25, 0.3) is 0 Å². The number of hydrogen-bond acceptors (Lipinski definition) is 1. The van der Waals surface area contributed by atoms with Crippen molar-refractivity contribution in [2.24, 2.45) is 0 Å². The van der Waals surface area contributed by atoms with Crippen LogP contribution in [-0.4, -0.2) is 18.2 Å². The normalized spacial score (nSPS) is 10.9. The van der Waals surface area contributed by atoms with Crippen LogP contribution in [0.1, 0.15) is 12.0 Å². The number of aryl methyl sites for hydroxylation is 1. The molecule has 0 aliphatic rings. The summed E-state index contributed by atoms with van der Waals surface area (Å²) in [7, 11) is 2.00. The highest BCUT2D eigenvalue weighted by atomic mass is 14.9. The Kier molecular flexibility index (Phi) is 3.99. The Hall–Kier alpha value is -1.54. The Bertz CT molecular complexity index is 497. The molecule has 0 saturated heterocycles. The molecule has 0 atom stereocenters. The fourth-order valence-electron chi connectivity index (χ4n) is 2.27. The molecule has 1 aromatic carbocycles. The van der Waals surface area contributed by atoms with E-state index in [1.54, 1.807) is 0 Å². The minimum Gasteiger partial charge on any atom is -0.343 e. The molecule has 90 valence electrons. The third-order valence-corrected chi connectivity index (χ3v) is 3.07. The molecule has 0 amide bonds. The van der Waals surface area contributed by atoms with Crippen LogP contribution in [0.25, 0.3) is 10.9 Å². The number of allylic oxidation sites excluding steroid dienone is 1. The van der Waals surface area contributed by atoms with E-state index < -0.39 is 0 Å². The van der Waals surface area contributed by atoms with E-state index in [-0.39, 0.29) is 0 Å². The first-order chi connectivity index (χ1) is 8.36. The largest absolute Gasteiger partial charge is 0.343 e. The Labute approximate surface area is 103 Å². The number of benzene rings is 1. The number of fused-ring (bicyclic) bond motifs is 1. The van der Waals surface area contributed by atoms with E-state index in [9.17, 15) is 0 Å². The van der Waals surface area contributed by atoms with E-state index in [2.05, 4.69) is 46.9 Å². The Morgan fingerprint density at radius 1 is 1.35 bits per heavy atom. The van der Waals surface area contributed by atoms with Crippen molar-refractivity contribution < 1.29 is 0 Å². The van der Waals surface area contributed by atoms with Crippen molar-refractivity contribution in [3.63, 3.8) is 0 Å². The summed E-state index contributed by atoms with van der Waals surface area (Å²) >= 11 is 0. The number of nitrogens with one attached hydrogen (secondary N) is 1. The topological polar surface area (TPSA) is 17.0 Å². The lowest BCUT2D eigenvalue weighted by molar-refractivity contribution is 0.724. The minimum absolute atomic E-state index is 0.881. The zero-order valence-electron chi connectivity index (χ0n) is 10.4. The van der Waals surface area contributed by atoms with Crippen LogP contribution in [0.4, 0.5) is 0 Å². The van der Waals surface area contributed by atoms with Gasteiger partial charge in [-0.15, -0.1) is 6.58 Å². The molecule has 1 aromatic heterocycles. The van der Waals surface area contributed by atoms with E-state index in [1.807, 2.05) is 13.1 Å². The first kappa shape index (κ1) is 11.9. The summed E-state index contributed by atoms with van der Waals surface area (Å²) in [5.74, 6) is 0. The highest BCUT2D eigenvalue weighted by Crippen LogP contribution is 2.22. The SMILES string of the molecule is C=CCn1cc(CCCNC)c2ccccc21. The number of hydrogen-bond donors (Lipinski definition) is 1. The van der Waals surface area contributed by atoms with Crippen LogP contribution in [0.15, 0.2) is 43.1 Å². The van der Waals surface area contributed by atoms with Gasteiger partial charge in [0.1, 0.15) is 0 Å². The zero-order valence-corrected chi connectivity index (χ0v) is 10.4. The van der Waals surface area contributed by atoms with Gasteiger partial charge < -0.3 is 9.88 Å². The maximum atomic E-state index is 3.82. The van der Waals surface area contributed by atoms with Gasteiger partial charge in [-0.25, -0.2) is 0 Å². The molecular weight excluding hydrogens is 208 g/mol. The second-order valence-electron chi connectivity index (χ2n) is 4.32. The Balaban J connectivity index is 2.31. The standard InChI is InChI=1S/C15H20N2/c1-3-11-17-12-13(7-6-10-16-2)14-8-4-5-9-15(14)17/h3-5,8-9,12,16H,1,6-7,10-11H2,2H3. The van der Waals surface area contributed by atoms with Gasteiger partial charge in [0.2, 0.25) is 0 Å². The lowest BCUT2D eigenvalue weighted by Gasteiger charge is -1.99. The van der Waals surface area contributed by atoms with E-state index in [0.717, 1.165) is 19.5 Å².